The van der Waals surface area contributed by atoms with E-state index in [2.05, 4.69) is 22.0 Å². The van der Waals surface area contributed by atoms with Crippen LogP contribution < -0.4 is 19.5 Å². The molecule has 8 nitrogen and oxygen atoms in total. The molecule has 0 aliphatic carbocycles. The van der Waals surface area contributed by atoms with Crippen LogP contribution in [0.25, 0.3) is 0 Å². The standard InChI is InChI=1S/C24H34N4O4.HI/c1-5-25-24(26-16-18-7-6-8-22(32-4)23(18)29)28-13-11-27(12-14-28)17-19-15-20(30-2)9-10-21(19)31-3;/h6-10,15,29H,5,11-14,16-17H2,1-4H3,(H,25,26);1H. The lowest BCUT2D eigenvalue weighted by Gasteiger charge is -2.36. The van der Waals surface area contributed by atoms with Crippen molar-refractivity contribution in [3.63, 3.8) is 0 Å². The average molecular weight is 570 g/mol. The maximum atomic E-state index is 10.3. The second-order valence-corrected chi connectivity index (χ2v) is 7.58. The molecule has 33 heavy (non-hydrogen) atoms. The number of piperazine rings is 1. The second-order valence-electron chi connectivity index (χ2n) is 7.58. The number of aliphatic imine (C=N–C) groups is 1. The summed E-state index contributed by atoms with van der Waals surface area (Å²) in [4.78, 5) is 9.44. The molecule has 182 valence electrons. The normalized spacial score (nSPS) is 14.4. The van der Waals surface area contributed by atoms with Gasteiger partial charge in [0.05, 0.1) is 27.9 Å². The summed E-state index contributed by atoms with van der Waals surface area (Å²) in [6.45, 7) is 7.58. The van der Waals surface area contributed by atoms with Gasteiger partial charge in [0, 0.05) is 50.4 Å². The van der Waals surface area contributed by atoms with Gasteiger partial charge < -0.3 is 29.5 Å². The number of para-hydroxylation sites is 1. The number of phenolic OH excluding ortho intramolecular Hbond substituents is 1. The summed E-state index contributed by atoms with van der Waals surface area (Å²) in [5.41, 5.74) is 1.86. The van der Waals surface area contributed by atoms with Gasteiger partial charge in [-0.1, -0.05) is 12.1 Å². The topological polar surface area (TPSA) is 78.8 Å². The summed E-state index contributed by atoms with van der Waals surface area (Å²) in [5.74, 6) is 3.17. The fourth-order valence-electron chi connectivity index (χ4n) is 3.81. The maximum absolute atomic E-state index is 10.3. The number of methoxy groups -OCH3 is 3. The van der Waals surface area contributed by atoms with Gasteiger partial charge in [-0.3, -0.25) is 4.90 Å². The predicted octanol–water partition coefficient (Wildman–Crippen LogP) is 3.32. The highest BCUT2D eigenvalue weighted by atomic mass is 127. The first-order chi connectivity index (χ1) is 15.6. The van der Waals surface area contributed by atoms with Gasteiger partial charge in [0.25, 0.3) is 0 Å². The molecule has 0 amide bonds. The third-order valence-corrected chi connectivity index (χ3v) is 5.59. The molecule has 3 rings (SSSR count). The van der Waals surface area contributed by atoms with E-state index >= 15 is 0 Å². The number of hydrogen-bond acceptors (Lipinski definition) is 6. The van der Waals surface area contributed by atoms with Crippen molar-refractivity contribution in [3.05, 3.63) is 47.5 Å². The second kappa shape index (κ2) is 13.3. The molecule has 0 saturated carbocycles. The van der Waals surface area contributed by atoms with Crippen LogP contribution in [0.3, 0.4) is 0 Å². The Bertz CT molecular complexity index is 917. The van der Waals surface area contributed by atoms with E-state index in [-0.39, 0.29) is 29.7 Å². The Hall–Kier alpha value is -2.40. The minimum atomic E-state index is 0. The summed E-state index contributed by atoms with van der Waals surface area (Å²) in [6, 6.07) is 11.4. The van der Waals surface area contributed by atoms with Gasteiger partial charge in [-0.05, 0) is 31.2 Å². The number of rotatable bonds is 8. The van der Waals surface area contributed by atoms with Gasteiger partial charge in [0.2, 0.25) is 0 Å². The van der Waals surface area contributed by atoms with Crippen molar-refractivity contribution in [3.8, 4) is 23.0 Å². The van der Waals surface area contributed by atoms with Crippen LogP contribution in [0, 0.1) is 0 Å². The molecule has 9 heteroatoms. The molecule has 1 aliphatic heterocycles. The van der Waals surface area contributed by atoms with E-state index in [4.69, 9.17) is 19.2 Å². The summed E-state index contributed by atoms with van der Waals surface area (Å²) >= 11 is 0. The average Bonchev–Trinajstić information content (AvgIpc) is 2.83. The highest BCUT2D eigenvalue weighted by Crippen LogP contribution is 2.30. The summed E-state index contributed by atoms with van der Waals surface area (Å²) in [5, 5.41) is 13.7. The number of phenols is 1. The molecule has 0 atom stereocenters. The third kappa shape index (κ3) is 7.04. The first-order valence-electron chi connectivity index (χ1n) is 10.9. The van der Waals surface area contributed by atoms with Crippen molar-refractivity contribution in [2.45, 2.75) is 20.0 Å². The van der Waals surface area contributed by atoms with Crippen LogP contribution in [-0.2, 0) is 13.1 Å². The summed E-state index contributed by atoms with van der Waals surface area (Å²) in [7, 11) is 4.92. The van der Waals surface area contributed by atoms with Crippen molar-refractivity contribution < 1.29 is 19.3 Å². The lowest BCUT2D eigenvalue weighted by atomic mass is 10.1. The minimum absolute atomic E-state index is 0. The fourth-order valence-corrected chi connectivity index (χ4v) is 3.81. The molecular weight excluding hydrogens is 535 g/mol. The lowest BCUT2D eigenvalue weighted by Crippen LogP contribution is -2.52. The van der Waals surface area contributed by atoms with Crippen molar-refractivity contribution >= 4 is 29.9 Å². The van der Waals surface area contributed by atoms with Crippen LogP contribution in [0.4, 0.5) is 0 Å². The van der Waals surface area contributed by atoms with Gasteiger partial charge in [0.15, 0.2) is 17.5 Å². The minimum Gasteiger partial charge on any atom is -0.504 e. The molecule has 0 spiro atoms. The molecule has 2 N–H and O–H groups in total. The Morgan fingerprint density at radius 3 is 2.33 bits per heavy atom. The quantitative estimate of drug-likeness (QED) is 0.287. The van der Waals surface area contributed by atoms with E-state index < -0.39 is 0 Å². The SMILES string of the molecule is CCNC(=NCc1cccc(OC)c1O)N1CCN(Cc2cc(OC)ccc2OC)CC1.I. The van der Waals surface area contributed by atoms with Crippen LogP contribution >= 0.6 is 24.0 Å². The first-order valence-corrected chi connectivity index (χ1v) is 10.9. The zero-order chi connectivity index (χ0) is 22.9. The summed E-state index contributed by atoms with van der Waals surface area (Å²) < 4.78 is 16.1. The Morgan fingerprint density at radius 1 is 0.970 bits per heavy atom. The number of ether oxygens (including phenoxy) is 3. The number of nitrogens with zero attached hydrogens (tertiary/aromatic N) is 3. The molecule has 2 aromatic carbocycles. The zero-order valence-electron chi connectivity index (χ0n) is 19.8. The Labute approximate surface area is 213 Å². The van der Waals surface area contributed by atoms with E-state index in [9.17, 15) is 5.11 Å². The highest BCUT2D eigenvalue weighted by molar-refractivity contribution is 14.0. The first kappa shape index (κ1) is 26.8. The van der Waals surface area contributed by atoms with E-state index in [1.54, 1.807) is 27.4 Å². The van der Waals surface area contributed by atoms with Gasteiger partial charge in [0.1, 0.15) is 11.5 Å². The van der Waals surface area contributed by atoms with Gasteiger partial charge >= 0.3 is 0 Å². The molecule has 0 radical (unpaired) electrons. The van der Waals surface area contributed by atoms with Gasteiger partial charge in [-0.25, -0.2) is 4.99 Å². The van der Waals surface area contributed by atoms with Crippen molar-refractivity contribution in [2.75, 3.05) is 54.1 Å². The van der Waals surface area contributed by atoms with E-state index in [1.807, 2.05) is 30.3 Å². The number of halogens is 1. The molecule has 1 aliphatic rings. The fraction of sp³-hybridized carbons (Fsp3) is 0.458. The Balaban J connectivity index is 0.00000385. The van der Waals surface area contributed by atoms with E-state index in [0.717, 1.165) is 67.9 Å². The highest BCUT2D eigenvalue weighted by Gasteiger charge is 2.21. The van der Waals surface area contributed by atoms with Crippen LogP contribution in [-0.4, -0.2) is 74.9 Å². The molecule has 2 aromatic rings. The molecule has 0 unspecified atom stereocenters. The van der Waals surface area contributed by atoms with Crippen LogP contribution in [0.15, 0.2) is 41.4 Å². The van der Waals surface area contributed by atoms with Gasteiger partial charge in [-0.2, -0.15) is 0 Å². The molecular formula is C24H35IN4O4. The largest absolute Gasteiger partial charge is 0.504 e. The molecule has 1 saturated heterocycles. The van der Waals surface area contributed by atoms with Crippen LogP contribution in [0.2, 0.25) is 0 Å². The molecule has 1 heterocycles. The number of benzene rings is 2. The molecule has 1 fully saturated rings. The number of hydrogen-bond donors (Lipinski definition) is 2. The van der Waals surface area contributed by atoms with Gasteiger partial charge in [-0.15, -0.1) is 24.0 Å². The zero-order valence-corrected chi connectivity index (χ0v) is 22.2. The lowest BCUT2D eigenvalue weighted by molar-refractivity contribution is 0.171. The third-order valence-electron chi connectivity index (χ3n) is 5.59. The Morgan fingerprint density at radius 2 is 1.70 bits per heavy atom. The van der Waals surface area contributed by atoms with E-state index in [1.165, 1.54) is 0 Å². The van der Waals surface area contributed by atoms with Crippen molar-refractivity contribution in [2.24, 2.45) is 4.99 Å². The smallest absolute Gasteiger partial charge is 0.194 e. The predicted molar refractivity (Wildman–Crippen MR) is 141 cm³/mol. The van der Waals surface area contributed by atoms with Crippen LogP contribution in [0.1, 0.15) is 18.1 Å². The van der Waals surface area contributed by atoms with Crippen LogP contribution in [0.5, 0.6) is 23.0 Å². The summed E-state index contributed by atoms with van der Waals surface area (Å²) in [6.07, 6.45) is 0. The van der Waals surface area contributed by atoms with Crippen molar-refractivity contribution in [1.29, 1.82) is 0 Å². The van der Waals surface area contributed by atoms with Crippen molar-refractivity contribution in [1.82, 2.24) is 15.1 Å². The number of aromatic hydroxyl groups is 1. The molecule has 0 aromatic heterocycles. The maximum Gasteiger partial charge on any atom is 0.194 e. The van der Waals surface area contributed by atoms with E-state index in [0.29, 0.717) is 12.3 Å². The molecule has 0 bridgehead atoms. The monoisotopic (exact) mass is 570 g/mol. The number of guanidine groups is 1. The number of nitrogens with one attached hydrogen (secondary N) is 1. The Kier molecular flexibility index (Phi) is 10.9.